The molecular weight excluding hydrogens is 458 g/mol. The molecule has 36 heavy (non-hydrogen) atoms. The predicted octanol–water partition coefficient (Wildman–Crippen LogP) is 3.82. The summed E-state index contributed by atoms with van der Waals surface area (Å²) in [6.45, 7) is 2.30. The van der Waals surface area contributed by atoms with Gasteiger partial charge in [0.1, 0.15) is 0 Å². The Morgan fingerprint density at radius 1 is 0.833 bits per heavy atom. The Balaban J connectivity index is 1.39. The van der Waals surface area contributed by atoms with Crippen LogP contribution in [-0.4, -0.2) is 61.5 Å². The van der Waals surface area contributed by atoms with Crippen molar-refractivity contribution in [1.29, 1.82) is 0 Å². The lowest BCUT2D eigenvalue weighted by Gasteiger charge is -2.35. The van der Waals surface area contributed by atoms with E-state index in [1.54, 1.807) is 12.1 Å². The van der Waals surface area contributed by atoms with Gasteiger partial charge in [-0.15, -0.1) is 10.2 Å². The Bertz CT molecular complexity index is 1590. The number of nitro benzene ring substituents is 1. The van der Waals surface area contributed by atoms with Crippen LogP contribution in [0.25, 0.3) is 27.9 Å². The number of benzene rings is 3. The molecule has 0 spiro atoms. The molecule has 0 bridgehead atoms. The molecule has 0 N–H and O–H groups in total. The molecule has 0 aliphatic carbocycles. The van der Waals surface area contributed by atoms with Gasteiger partial charge in [-0.3, -0.25) is 14.9 Å². The number of carbonyl (C=O) groups is 1. The van der Waals surface area contributed by atoms with Gasteiger partial charge in [-0.25, -0.2) is 9.38 Å². The number of amides is 1. The number of carbonyl (C=O) groups excluding carboxylic acids is 1. The summed E-state index contributed by atoms with van der Waals surface area (Å²) in [4.78, 5) is 32.5. The van der Waals surface area contributed by atoms with E-state index in [9.17, 15) is 14.9 Å². The molecule has 1 fully saturated rings. The molecule has 0 atom stereocenters. The van der Waals surface area contributed by atoms with E-state index >= 15 is 0 Å². The van der Waals surface area contributed by atoms with E-state index in [0.29, 0.717) is 54.7 Å². The van der Waals surface area contributed by atoms with Crippen LogP contribution < -0.4 is 4.90 Å². The third-order valence-electron chi connectivity index (χ3n) is 6.44. The number of hydrogen-bond acceptors (Lipinski definition) is 7. The molecule has 2 aromatic heterocycles. The number of hydrogen-bond donors (Lipinski definition) is 0. The lowest BCUT2D eigenvalue weighted by atomic mass is 10.2. The summed E-state index contributed by atoms with van der Waals surface area (Å²) < 4.78 is 1.90. The van der Waals surface area contributed by atoms with Gasteiger partial charge < -0.3 is 9.80 Å². The number of rotatable bonds is 4. The van der Waals surface area contributed by atoms with E-state index in [-0.39, 0.29) is 11.6 Å². The largest absolute Gasteiger partial charge is 0.338 e. The molecule has 1 aliphatic heterocycles. The molecule has 0 radical (unpaired) electrons. The molecule has 0 unspecified atom stereocenters. The van der Waals surface area contributed by atoms with Crippen LogP contribution in [-0.2, 0) is 0 Å². The second kappa shape index (κ2) is 8.73. The fraction of sp³-hybridized carbons (Fsp3) is 0.154. The average molecular weight is 480 g/mol. The number of nitro groups is 1. The third-order valence-corrected chi connectivity index (χ3v) is 6.44. The van der Waals surface area contributed by atoms with Crippen LogP contribution in [0, 0.1) is 10.1 Å². The van der Waals surface area contributed by atoms with Gasteiger partial charge >= 0.3 is 0 Å². The first-order valence-corrected chi connectivity index (χ1v) is 11.6. The smallest absolute Gasteiger partial charge is 0.269 e. The maximum atomic E-state index is 12.9. The summed E-state index contributed by atoms with van der Waals surface area (Å²) in [6.07, 6.45) is 0. The third kappa shape index (κ3) is 3.68. The zero-order chi connectivity index (χ0) is 24.6. The van der Waals surface area contributed by atoms with Crippen LogP contribution in [0.3, 0.4) is 0 Å². The molecule has 6 rings (SSSR count). The summed E-state index contributed by atoms with van der Waals surface area (Å²) in [5.74, 6) is 1.24. The van der Waals surface area contributed by atoms with Crippen LogP contribution in [0.1, 0.15) is 10.4 Å². The summed E-state index contributed by atoms with van der Waals surface area (Å²) in [5.41, 5.74) is 2.84. The SMILES string of the molecule is O=C(c1ccccc1)N1CCN(c2nc3ccccc3c3nnc(-c4ccc([N+](=O)[O-])cc4)n23)CC1. The number of anilines is 1. The molecule has 178 valence electrons. The van der Waals surface area contributed by atoms with Crippen LogP contribution in [0.15, 0.2) is 78.9 Å². The minimum absolute atomic E-state index is 0.00979. The normalized spacial score (nSPS) is 13.9. The number of piperazine rings is 1. The van der Waals surface area contributed by atoms with Gasteiger partial charge in [0, 0.05) is 54.8 Å². The van der Waals surface area contributed by atoms with Crippen LogP contribution in [0.5, 0.6) is 0 Å². The number of aromatic nitrogens is 4. The number of non-ortho nitro benzene ring substituents is 1. The van der Waals surface area contributed by atoms with Gasteiger partial charge in [0.15, 0.2) is 11.5 Å². The Hall–Kier alpha value is -4.86. The van der Waals surface area contributed by atoms with E-state index in [1.807, 2.05) is 63.9 Å². The van der Waals surface area contributed by atoms with Crippen molar-refractivity contribution in [2.24, 2.45) is 0 Å². The van der Waals surface area contributed by atoms with Crippen LogP contribution in [0.2, 0.25) is 0 Å². The van der Waals surface area contributed by atoms with Gasteiger partial charge in [-0.05, 0) is 36.4 Å². The maximum Gasteiger partial charge on any atom is 0.269 e. The van der Waals surface area contributed by atoms with Gasteiger partial charge in [-0.2, -0.15) is 0 Å². The monoisotopic (exact) mass is 479 g/mol. The Kier molecular flexibility index (Phi) is 5.25. The average Bonchev–Trinajstić information content (AvgIpc) is 3.38. The van der Waals surface area contributed by atoms with Crippen LogP contribution >= 0.6 is 0 Å². The summed E-state index contributed by atoms with van der Waals surface area (Å²) in [5, 5.41) is 20.9. The fourth-order valence-corrected chi connectivity index (χ4v) is 4.57. The molecule has 10 heteroatoms. The fourth-order valence-electron chi connectivity index (χ4n) is 4.57. The number of nitrogens with zero attached hydrogens (tertiary/aromatic N) is 7. The van der Waals surface area contributed by atoms with Gasteiger partial charge in [-0.1, -0.05) is 30.3 Å². The highest BCUT2D eigenvalue weighted by molar-refractivity contribution is 5.95. The molecule has 3 heterocycles. The molecule has 0 saturated carbocycles. The van der Waals surface area contributed by atoms with Gasteiger partial charge in [0.2, 0.25) is 5.95 Å². The van der Waals surface area contributed by atoms with E-state index in [1.165, 1.54) is 12.1 Å². The summed E-state index contributed by atoms with van der Waals surface area (Å²) >= 11 is 0. The molecule has 1 amide bonds. The molecule has 1 saturated heterocycles. The van der Waals surface area contributed by atoms with Crippen molar-refractivity contribution in [3.05, 3.63) is 94.5 Å². The quantitative estimate of drug-likeness (QED) is 0.285. The lowest BCUT2D eigenvalue weighted by molar-refractivity contribution is -0.384. The summed E-state index contributed by atoms with van der Waals surface area (Å²) in [7, 11) is 0. The zero-order valence-electron chi connectivity index (χ0n) is 19.2. The molecule has 10 nitrogen and oxygen atoms in total. The van der Waals surface area contributed by atoms with Crippen molar-refractivity contribution in [2.75, 3.05) is 31.1 Å². The Labute approximate surface area is 205 Å². The highest BCUT2D eigenvalue weighted by Crippen LogP contribution is 2.29. The summed E-state index contributed by atoms with van der Waals surface area (Å²) in [6, 6.07) is 23.3. The number of fused-ring (bicyclic) bond motifs is 3. The molecular formula is C26H21N7O3. The number of para-hydroxylation sites is 1. The van der Waals surface area contributed by atoms with Crippen molar-refractivity contribution in [1.82, 2.24) is 24.5 Å². The lowest BCUT2D eigenvalue weighted by Crippen LogP contribution is -2.49. The minimum Gasteiger partial charge on any atom is -0.338 e. The van der Waals surface area contributed by atoms with E-state index in [2.05, 4.69) is 15.1 Å². The second-order valence-electron chi connectivity index (χ2n) is 8.56. The van der Waals surface area contributed by atoms with E-state index < -0.39 is 4.92 Å². The van der Waals surface area contributed by atoms with E-state index in [4.69, 9.17) is 4.98 Å². The molecule has 1 aliphatic rings. The standard InChI is InChI=1S/C26H21N7O3/c34-25(19-6-2-1-3-7-19)30-14-16-31(17-15-30)26-27-22-9-5-4-8-21(22)24-29-28-23(32(24)26)18-10-12-20(13-11-18)33(35)36/h1-13H,14-17H2. The first-order valence-electron chi connectivity index (χ1n) is 11.6. The highest BCUT2D eigenvalue weighted by Gasteiger charge is 2.26. The van der Waals surface area contributed by atoms with Crippen molar-refractivity contribution in [3.63, 3.8) is 0 Å². The van der Waals surface area contributed by atoms with Crippen molar-refractivity contribution < 1.29 is 9.72 Å². The predicted molar refractivity (Wildman–Crippen MR) is 135 cm³/mol. The van der Waals surface area contributed by atoms with E-state index in [0.717, 1.165) is 10.9 Å². The minimum atomic E-state index is -0.428. The van der Waals surface area contributed by atoms with Crippen molar-refractivity contribution in [3.8, 4) is 11.4 Å². The van der Waals surface area contributed by atoms with Crippen molar-refractivity contribution in [2.45, 2.75) is 0 Å². The Morgan fingerprint density at radius 3 is 2.25 bits per heavy atom. The Morgan fingerprint density at radius 2 is 1.53 bits per heavy atom. The zero-order valence-corrected chi connectivity index (χ0v) is 19.2. The van der Waals surface area contributed by atoms with Crippen molar-refractivity contribution >= 4 is 34.1 Å². The topological polar surface area (TPSA) is 110 Å². The molecule has 3 aromatic carbocycles. The van der Waals surface area contributed by atoms with Gasteiger partial charge in [0.25, 0.3) is 11.6 Å². The first-order chi connectivity index (χ1) is 17.6. The highest BCUT2D eigenvalue weighted by atomic mass is 16.6. The maximum absolute atomic E-state index is 12.9. The molecule has 5 aromatic rings. The van der Waals surface area contributed by atoms with Crippen LogP contribution in [0.4, 0.5) is 11.6 Å². The van der Waals surface area contributed by atoms with Gasteiger partial charge in [0.05, 0.1) is 10.4 Å². The first kappa shape index (κ1) is 21.7. The second-order valence-corrected chi connectivity index (χ2v) is 8.56.